The molecule has 0 radical (unpaired) electrons. The topological polar surface area (TPSA) is 42.7 Å². The van der Waals surface area contributed by atoms with Crippen molar-refractivity contribution >= 4 is 15.9 Å². The summed E-state index contributed by atoms with van der Waals surface area (Å²) in [5.74, 6) is 0. The molecule has 2 aromatic rings. The summed E-state index contributed by atoms with van der Waals surface area (Å²) in [5.41, 5.74) is 2.20. The summed E-state index contributed by atoms with van der Waals surface area (Å²) < 4.78 is 2.79. The molecule has 0 bridgehead atoms. The molecule has 0 aromatic carbocycles. The summed E-state index contributed by atoms with van der Waals surface area (Å²) in [4.78, 5) is 4.14. The molecule has 5 heteroatoms. The first kappa shape index (κ1) is 11.3. The molecule has 0 aliphatic carbocycles. The normalized spacial score (nSPS) is 10.6. The van der Waals surface area contributed by atoms with Crippen LogP contribution in [-0.4, -0.2) is 21.3 Å². The van der Waals surface area contributed by atoms with Gasteiger partial charge in [-0.3, -0.25) is 4.98 Å². The van der Waals surface area contributed by atoms with E-state index in [0.29, 0.717) is 0 Å². The Morgan fingerprint density at radius 1 is 1.44 bits per heavy atom. The molecule has 84 valence electrons. The van der Waals surface area contributed by atoms with Crippen LogP contribution in [0.15, 0.2) is 35.3 Å². The van der Waals surface area contributed by atoms with Gasteiger partial charge < -0.3 is 5.32 Å². The predicted molar refractivity (Wildman–Crippen MR) is 66.4 cm³/mol. The van der Waals surface area contributed by atoms with Crippen molar-refractivity contribution in [3.8, 4) is 5.69 Å². The highest BCUT2D eigenvalue weighted by atomic mass is 79.9. The lowest BCUT2D eigenvalue weighted by Crippen LogP contribution is -2.14. The SMILES string of the molecule is CCNCc1ccncc1-n1cc(Br)cn1. The number of halogens is 1. The highest BCUT2D eigenvalue weighted by Gasteiger charge is 2.05. The fourth-order valence-electron chi connectivity index (χ4n) is 1.46. The van der Waals surface area contributed by atoms with E-state index >= 15 is 0 Å². The van der Waals surface area contributed by atoms with Crippen molar-refractivity contribution in [1.29, 1.82) is 0 Å². The van der Waals surface area contributed by atoms with Crippen LogP contribution in [0.2, 0.25) is 0 Å². The van der Waals surface area contributed by atoms with Crippen LogP contribution in [0.1, 0.15) is 12.5 Å². The molecule has 16 heavy (non-hydrogen) atoms. The van der Waals surface area contributed by atoms with Gasteiger partial charge in [0.2, 0.25) is 0 Å². The lowest BCUT2D eigenvalue weighted by molar-refractivity contribution is 0.715. The molecule has 0 spiro atoms. The fourth-order valence-corrected chi connectivity index (χ4v) is 1.75. The van der Waals surface area contributed by atoms with Gasteiger partial charge >= 0.3 is 0 Å². The van der Waals surface area contributed by atoms with Crippen molar-refractivity contribution in [2.75, 3.05) is 6.54 Å². The number of rotatable bonds is 4. The zero-order chi connectivity index (χ0) is 11.4. The Hall–Kier alpha value is -1.20. The minimum Gasteiger partial charge on any atom is -0.313 e. The van der Waals surface area contributed by atoms with Gasteiger partial charge in [-0.1, -0.05) is 6.92 Å². The molecule has 0 atom stereocenters. The molecule has 0 aliphatic heterocycles. The quantitative estimate of drug-likeness (QED) is 0.933. The van der Waals surface area contributed by atoms with Gasteiger partial charge in [0, 0.05) is 18.9 Å². The Balaban J connectivity index is 2.32. The molecule has 0 amide bonds. The number of nitrogens with one attached hydrogen (secondary N) is 1. The van der Waals surface area contributed by atoms with E-state index in [4.69, 9.17) is 0 Å². The lowest BCUT2D eigenvalue weighted by Gasteiger charge is -2.08. The second kappa shape index (κ2) is 5.23. The molecule has 0 saturated heterocycles. The summed E-state index contributed by atoms with van der Waals surface area (Å²) in [6.07, 6.45) is 7.32. The van der Waals surface area contributed by atoms with Gasteiger partial charge in [-0.05, 0) is 34.1 Å². The Morgan fingerprint density at radius 3 is 3.00 bits per heavy atom. The first-order valence-corrected chi connectivity index (χ1v) is 5.94. The zero-order valence-corrected chi connectivity index (χ0v) is 10.6. The van der Waals surface area contributed by atoms with E-state index < -0.39 is 0 Å². The Bertz CT molecular complexity index is 467. The van der Waals surface area contributed by atoms with Crippen LogP contribution in [0.3, 0.4) is 0 Å². The third-order valence-electron chi connectivity index (χ3n) is 2.25. The van der Waals surface area contributed by atoms with Gasteiger partial charge in [0.1, 0.15) is 0 Å². The molecule has 0 aliphatic rings. The van der Waals surface area contributed by atoms with Gasteiger partial charge in [0.25, 0.3) is 0 Å². The average molecular weight is 281 g/mol. The van der Waals surface area contributed by atoms with Crippen molar-refractivity contribution in [1.82, 2.24) is 20.1 Å². The maximum absolute atomic E-state index is 4.26. The first-order valence-electron chi connectivity index (χ1n) is 5.15. The van der Waals surface area contributed by atoms with Crippen molar-refractivity contribution in [3.63, 3.8) is 0 Å². The molecule has 4 nitrogen and oxygen atoms in total. The highest BCUT2D eigenvalue weighted by Crippen LogP contribution is 2.15. The number of aromatic nitrogens is 3. The molecule has 1 N–H and O–H groups in total. The van der Waals surface area contributed by atoms with Crippen molar-refractivity contribution < 1.29 is 0 Å². The summed E-state index contributed by atoms with van der Waals surface area (Å²) in [7, 11) is 0. The molecule has 0 fully saturated rings. The van der Waals surface area contributed by atoms with Crippen LogP contribution >= 0.6 is 15.9 Å². The van der Waals surface area contributed by atoms with Crippen molar-refractivity contribution in [2.45, 2.75) is 13.5 Å². The lowest BCUT2D eigenvalue weighted by atomic mass is 10.2. The highest BCUT2D eigenvalue weighted by molar-refractivity contribution is 9.10. The van der Waals surface area contributed by atoms with Crippen LogP contribution in [0, 0.1) is 0 Å². The molecule has 2 heterocycles. The molecular weight excluding hydrogens is 268 g/mol. The Morgan fingerprint density at radius 2 is 2.31 bits per heavy atom. The summed E-state index contributed by atoms with van der Waals surface area (Å²) in [6.45, 7) is 3.86. The predicted octanol–water partition coefficient (Wildman–Crippen LogP) is 2.14. The smallest absolute Gasteiger partial charge is 0.0874 e. The summed E-state index contributed by atoms with van der Waals surface area (Å²) >= 11 is 3.39. The minimum atomic E-state index is 0.825. The number of hydrogen-bond acceptors (Lipinski definition) is 3. The monoisotopic (exact) mass is 280 g/mol. The average Bonchev–Trinajstić information content (AvgIpc) is 2.73. The van der Waals surface area contributed by atoms with Gasteiger partial charge in [0.05, 0.1) is 22.6 Å². The maximum atomic E-state index is 4.26. The maximum Gasteiger partial charge on any atom is 0.0874 e. The standard InChI is InChI=1S/C11H13BrN4/c1-2-13-5-9-3-4-14-7-11(9)16-8-10(12)6-15-16/h3-4,6-8,13H,2,5H2,1H3. The van der Waals surface area contributed by atoms with Crippen LogP contribution in [0.5, 0.6) is 0 Å². The number of pyridine rings is 1. The van der Waals surface area contributed by atoms with Crippen LogP contribution in [0.25, 0.3) is 5.69 Å². The second-order valence-electron chi connectivity index (χ2n) is 3.39. The van der Waals surface area contributed by atoms with Crippen molar-refractivity contribution in [2.24, 2.45) is 0 Å². The van der Waals surface area contributed by atoms with E-state index in [2.05, 4.69) is 38.3 Å². The van der Waals surface area contributed by atoms with Crippen LogP contribution in [-0.2, 0) is 6.54 Å². The van der Waals surface area contributed by atoms with E-state index in [1.807, 2.05) is 23.1 Å². The van der Waals surface area contributed by atoms with Crippen LogP contribution < -0.4 is 5.32 Å². The largest absolute Gasteiger partial charge is 0.313 e. The second-order valence-corrected chi connectivity index (χ2v) is 4.30. The van der Waals surface area contributed by atoms with E-state index in [1.54, 1.807) is 12.4 Å². The molecular formula is C11H13BrN4. The molecule has 0 saturated carbocycles. The van der Waals surface area contributed by atoms with Crippen molar-refractivity contribution in [3.05, 3.63) is 40.9 Å². The molecule has 2 rings (SSSR count). The third kappa shape index (κ3) is 2.48. The van der Waals surface area contributed by atoms with E-state index in [9.17, 15) is 0 Å². The fraction of sp³-hybridized carbons (Fsp3) is 0.273. The minimum absolute atomic E-state index is 0.825. The number of hydrogen-bond donors (Lipinski definition) is 1. The van der Waals surface area contributed by atoms with Gasteiger partial charge in [0.15, 0.2) is 0 Å². The Labute approximate surface area is 103 Å². The van der Waals surface area contributed by atoms with E-state index in [0.717, 1.165) is 23.2 Å². The van der Waals surface area contributed by atoms with Gasteiger partial charge in [-0.15, -0.1) is 0 Å². The third-order valence-corrected chi connectivity index (χ3v) is 2.66. The molecule has 2 aromatic heterocycles. The molecule has 0 unspecified atom stereocenters. The summed E-state index contributed by atoms with van der Waals surface area (Å²) in [5, 5.41) is 7.56. The van der Waals surface area contributed by atoms with Crippen LogP contribution in [0.4, 0.5) is 0 Å². The first-order chi connectivity index (χ1) is 7.81. The van der Waals surface area contributed by atoms with E-state index in [1.165, 1.54) is 5.56 Å². The van der Waals surface area contributed by atoms with Gasteiger partial charge in [-0.2, -0.15) is 5.10 Å². The number of nitrogens with zero attached hydrogens (tertiary/aromatic N) is 3. The summed E-state index contributed by atoms with van der Waals surface area (Å²) in [6, 6.07) is 2.01. The van der Waals surface area contributed by atoms with E-state index in [-0.39, 0.29) is 0 Å². The Kier molecular flexibility index (Phi) is 3.69. The zero-order valence-electron chi connectivity index (χ0n) is 9.02. The van der Waals surface area contributed by atoms with Gasteiger partial charge in [-0.25, -0.2) is 4.68 Å².